The molecule has 0 saturated heterocycles. The second kappa shape index (κ2) is 9.32. The first kappa shape index (κ1) is 12.2. The highest BCUT2D eigenvalue weighted by Crippen LogP contribution is 2.30. The van der Waals surface area contributed by atoms with Gasteiger partial charge < -0.3 is 18.8 Å². The van der Waals surface area contributed by atoms with Gasteiger partial charge in [-0.05, 0) is 19.3 Å². The Kier molecular flexibility index (Phi) is 9.50. The van der Waals surface area contributed by atoms with Crippen LogP contribution in [0.15, 0.2) is 0 Å². The molecule has 0 aromatic carbocycles. The summed E-state index contributed by atoms with van der Waals surface area (Å²) in [7, 11) is -0.248. The Morgan fingerprint density at radius 2 is 1.92 bits per heavy atom. The molecule has 0 saturated carbocycles. The lowest BCUT2D eigenvalue weighted by Crippen LogP contribution is -2.01. The van der Waals surface area contributed by atoms with Gasteiger partial charge in [-0.3, -0.25) is 0 Å². The van der Waals surface area contributed by atoms with Crippen molar-refractivity contribution in [2.45, 2.75) is 19.3 Å². The summed E-state index contributed by atoms with van der Waals surface area (Å²) in [6.07, 6.45) is 2.77. The van der Waals surface area contributed by atoms with Crippen LogP contribution in [0.5, 0.6) is 0 Å². The lowest BCUT2D eigenvalue weighted by Gasteiger charge is -2.06. The fourth-order valence-corrected chi connectivity index (χ4v) is 1.05. The summed E-state index contributed by atoms with van der Waals surface area (Å²) in [4.78, 5) is 13.2. The Labute approximate surface area is 73.8 Å². The molecule has 12 heavy (non-hydrogen) atoms. The van der Waals surface area contributed by atoms with E-state index in [2.05, 4.69) is 9.36 Å². The Morgan fingerprint density at radius 3 is 2.50 bits per heavy atom. The molecular formula is C6H16NO4P. The molecule has 3 N–H and O–H groups in total. The zero-order chi connectivity index (χ0) is 9.23. The van der Waals surface area contributed by atoms with Gasteiger partial charge in [-0.25, -0.2) is 5.90 Å². The largest absolute Gasteiger partial charge is 0.329 e. The third kappa shape index (κ3) is 8.33. The molecule has 5 nitrogen and oxygen atoms in total. The maximum absolute atomic E-state index is 8.84. The van der Waals surface area contributed by atoms with Crippen LogP contribution < -0.4 is 5.90 Å². The van der Waals surface area contributed by atoms with E-state index >= 15 is 0 Å². The second-order valence-electron chi connectivity index (χ2n) is 2.19. The first-order valence-corrected chi connectivity index (χ1v) is 4.92. The molecule has 0 aliphatic rings. The van der Waals surface area contributed by atoms with Gasteiger partial charge in [0.2, 0.25) is 0 Å². The van der Waals surface area contributed by atoms with Crippen LogP contribution in [0.1, 0.15) is 19.3 Å². The Balaban J connectivity index is 2.90. The molecule has 0 aliphatic heterocycles. The molecule has 0 spiro atoms. The summed E-state index contributed by atoms with van der Waals surface area (Å²) in [6.45, 7) is 1.08. The molecule has 0 aromatic rings. The standard InChI is InChI=1S/C6H16NO4P/c1-9-12(8)11-6-4-2-3-5-10-7/h8H,2-7H2,1H3. The van der Waals surface area contributed by atoms with Crippen molar-refractivity contribution in [1.82, 2.24) is 0 Å². The molecule has 6 heteroatoms. The number of nitrogens with two attached hydrogens (primary N) is 1. The van der Waals surface area contributed by atoms with Crippen molar-refractivity contribution in [2.24, 2.45) is 5.90 Å². The van der Waals surface area contributed by atoms with Crippen LogP contribution in [0.2, 0.25) is 0 Å². The van der Waals surface area contributed by atoms with Crippen molar-refractivity contribution in [2.75, 3.05) is 20.3 Å². The predicted octanol–water partition coefficient (Wildman–Crippen LogP) is 0.929. The van der Waals surface area contributed by atoms with Gasteiger partial charge in [0.05, 0.1) is 13.2 Å². The van der Waals surface area contributed by atoms with Gasteiger partial charge in [-0.2, -0.15) is 0 Å². The fraction of sp³-hybridized carbons (Fsp3) is 1.00. The van der Waals surface area contributed by atoms with E-state index in [9.17, 15) is 0 Å². The van der Waals surface area contributed by atoms with Crippen LogP contribution in [0.25, 0.3) is 0 Å². The van der Waals surface area contributed by atoms with Gasteiger partial charge in [-0.15, -0.1) is 0 Å². The number of hydrogen-bond acceptors (Lipinski definition) is 5. The SMILES string of the molecule is COP(O)OCCCCCON. The maximum Gasteiger partial charge on any atom is 0.329 e. The third-order valence-electron chi connectivity index (χ3n) is 1.26. The average Bonchev–Trinajstić information content (AvgIpc) is 2.10. The molecule has 1 atom stereocenters. The fourth-order valence-electron chi connectivity index (χ4n) is 0.660. The van der Waals surface area contributed by atoms with Crippen molar-refractivity contribution in [3.63, 3.8) is 0 Å². The summed E-state index contributed by atoms with van der Waals surface area (Å²) in [5, 5.41) is 0. The van der Waals surface area contributed by atoms with E-state index in [0.29, 0.717) is 13.2 Å². The zero-order valence-corrected chi connectivity index (χ0v) is 8.13. The Hall–Kier alpha value is 0.230. The van der Waals surface area contributed by atoms with Crippen LogP contribution in [0.3, 0.4) is 0 Å². The third-order valence-corrected chi connectivity index (χ3v) is 1.98. The molecule has 0 aliphatic carbocycles. The summed E-state index contributed by atoms with van der Waals surface area (Å²) in [5.74, 6) is 4.82. The molecule has 1 unspecified atom stereocenters. The summed E-state index contributed by atoms with van der Waals surface area (Å²) < 4.78 is 9.43. The van der Waals surface area contributed by atoms with Crippen LogP contribution in [0.4, 0.5) is 0 Å². The minimum absolute atomic E-state index is 0.514. The minimum Gasteiger partial charge on any atom is -0.328 e. The maximum atomic E-state index is 8.84. The van der Waals surface area contributed by atoms with Crippen molar-refractivity contribution in [3.05, 3.63) is 0 Å². The highest BCUT2D eigenvalue weighted by atomic mass is 31.2. The Morgan fingerprint density at radius 1 is 1.25 bits per heavy atom. The van der Waals surface area contributed by atoms with Crippen LogP contribution >= 0.6 is 8.60 Å². The van der Waals surface area contributed by atoms with Crippen LogP contribution in [-0.4, -0.2) is 25.2 Å². The molecule has 0 heterocycles. The molecule has 0 amide bonds. The zero-order valence-electron chi connectivity index (χ0n) is 7.23. The van der Waals surface area contributed by atoms with E-state index in [-0.39, 0.29) is 0 Å². The first-order chi connectivity index (χ1) is 5.81. The molecule has 0 aromatic heterocycles. The molecule has 74 valence electrons. The first-order valence-electron chi connectivity index (χ1n) is 3.79. The summed E-state index contributed by atoms with van der Waals surface area (Å²) >= 11 is 0. The molecular weight excluding hydrogens is 181 g/mol. The van der Waals surface area contributed by atoms with Gasteiger partial charge in [0.25, 0.3) is 0 Å². The number of hydrogen-bond donors (Lipinski definition) is 2. The highest BCUT2D eigenvalue weighted by Gasteiger charge is 2.01. The number of rotatable bonds is 8. The van der Waals surface area contributed by atoms with E-state index in [0.717, 1.165) is 19.3 Å². The molecule has 0 radical (unpaired) electrons. The van der Waals surface area contributed by atoms with Gasteiger partial charge in [-0.1, -0.05) is 0 Å². The highest BCUT2D eigenvalue weighted by molar-refractivity contribution is 7.40. The van der Waals surface area contributed by atoms with Crippen molar-refractivity contribution >= 4 is 8.60 Å². The normalized spacial score (nSPS) is 13.2. The van der Waals surface area contributed by atoms with E-state index < -0.39 is 8.60 Å². The van der Waals surface area contributed by atoms with Crippen LogP contribution in [-0.2, 0) is 13.9 Å². The molecule has 0 bridgehead atoms. The van der Waals surface area contributed by atoms with Crippen LogP contribution in [0, 0.1) is 0 Å². The summed E-state index contributed by atoms with van der Waals surface area (Å²) in [6, 6.07) is 0. The topological polar surface area (TPSA) is 73.9 Å². The van der Waals surface area contributed by atoms with Gasteiger partial charge in [0.1, 0.15) is 0 Å². The lowest BCUT2D eigenvalue weighted by atomic mass is 10.2. The molecule has 0 fully saturated rings. The minimum atomic E-state index is -1.66. The monoisotopic (exact) mass is 197 g/mol. The lowest BCUT2D eigenvalue weighted by molar-refractivity contribution is 0.131. The summed E-state index contributed by atoms with van der Waals surface area (Å²) in [5.41, 5.74) is 0. The molecule has 0 rings (SSSR count). The average molecular weight is 197 g/mol. The number of unbranched alkanes of at least 4 members (excludes halogenated alkanes) is 2. The van der Waals surface area contributed by atoms with Crippen molar-refractivity contribution in [1.29, 1.82) is 0 Å². The predicted molar refractivity (Wildman–Crippen MR) is 46.1 cm³/mol. The van der Waals surface area contributed by atoms with Gasteiger partial charge in [0, 0.05) is 7.11 Å². The second-order valence-corrected chi connectivity index (χ2v) is 3.28. The van der Waals surface area contributed by atoms with Crippen molar-refractivity contribution < 1.29 is 18.8 Å². The van der Waals surface area contributed by atoms with Gasteiger partial charge in [0.15, 0.2) is 0 Å². The van der Waals surface area contributed by atoms with Crippen molar-refractivity contribution in [3.8, 4) is 0 Å². The van der Waals surface area contributed by atoms with E-state index in [4.69, 9.17) is 15.3 Å². The smallest absolute Gasteiger partial charge is 0.328 e. The van der Waals surface area contributed by atoms with Gasteiger partial charge >= 0.3 is 8.60 Å². The van der Waals surface area contributed by atoms with E-state index in [1.165, 1.54) is 7.11 Å². The Bertz CT molecular complexity index is 95.6. The van der Waals surface area contributed by atoms with E-state index in [1.54, 1.807) is 0 Å². The quantitative estimate of drug-likeness (QED) is 0.344. The van der Waals surface area contributed by atoms with E-state index in [1.807, 2.05) is 0 Å².